The monoisotopic (exact) mass is 277 g/mol. The van der Waals surface area contributed by atoms with Gasteiger partial charge in [0.25, 0.3) is 0 Å². The van der Waals surface area contributed by atoms with Crippen LogP contribution in [-0.4, -0.2) is 15.6 Å². The highest BCUT2D eigenvalue weighted by Crippen LogP contribution is 2.18. The van der Waals surface area contributed by atoms with Crippen LogP contribution in [0.2, 0.25) is 0 Å². The van der Waals surface area contributed by atoms with E-state index in [1.54, 1.807) is 13.0 Å². The van der Waals surface area contributed by atoms with Gasteiger partial charge in [-0.15, -0.1) is 0 Å². The van der Waals surface area contributed by atoms with E-state index in [2.05, 4.69) is 0 Å². The predicted molar refractivity (Wildman–Crippen MR) is 74.5 cm³/mol. The molecule has 0 aliphatic heterocycles. The average molecular weight is 277 g/mol. The van der Waals surface area contributed by atoms with Crippen LogP contribution >= 0.6 is 0 Å². The van der Waals surface area contributed by atoms with Crippen molar-refractivity contribution in [3.05, 3.63) is 45.5 Å². The maximum absolute atomic E-state index is 13.4. The number of halogens is 1. The summed E-state index contributed by atoms with van der Waals surface area (Å²) in [6, 6.07) is 4.13. The number of aryl methyl sites for hydroxylation is 1. The van der Waals surface area contributed by atoms with Gasteiger partial charge < -0.3 is 9.67 Å². The molecule has 0 spiro atoms. The highest BCUT2D eigenvalue weighted by Gasteiger charge is 2.14. The topological polar surface area (TPSA) is 59.3 Å². The van der Waals surface area contributed by atoms with Crippen LogP contribution in [0.25, 0.3) is 10.9 Å². The molecule has 0 aliphatic rings. The third-order valence-electron chi connectivity index (χ3n) is 3.51. The minimum Gasteiger partial charge on any atom is -0.481 e. The SMILES string of the molecule is CCn1c(C)c(CCC(=O)O)c(=O)c2cc(F)ccc21. The second-order valence-corrected chi connectivity index (χ2v) is 4.69. The summed E-state index contributed by atoms with van der Waals surface area (Å²) >= 11 is 0. The minimum atomic E-state index is -0.953. The summed E-state index contributed by atoms with van der Waals surface area (Å²) in [5.74, 6) is -1.42. The van der Waals surface area contributed by atoms with E-state index in [9.17, 15) is 14.0 Å². The predicted octanol–water partition coefficient (Wildman–Crippen LogP) is 2.49. The molecule has 1 heterocycles. The van der Waals surface area contributed by atoms with Crippen molar-refractivity contribution in [1.82, 2.24) is 4.57 Å². The number of pyridine rings is 1. The first kappa shape index (κ1) is 14.2. The fourth-order valence-corrected chi connectivity index (χ4v) is 2.53. The molecule has 0 saturated carbocycles. The van der Waals surface area contributed by atoms with E-state index in [0.717, 1.165) is 5.69 Å². The first-order valence-electron chi connectivity index (χ1n) is 6.49. The van der Waals surface area contributed by atoms with Crippen molar-refractivity contribution in [2.24, 2.45) is 0 Å². The minimum absolute atomic E-state index is 0.110. The lowest BCUT2D eigenvalue weighted by atomic mass is 10.0. The maximum atomic E-state index is 13.4. The summed E-state index contributed by atoms with van der Waals surface area (Å²) in [6.45, 7) is 4.36. The van der Waals surface area contributed by atoms with Gasteiger partial charge in [0.1, 0.15) is 5.82 Å². The van der Waals surface area contributed by atoms with E-state index < -0.39 is 11.8 Å². The van der Waals surface area contributed by atoms with Crippen LogP contribution < -0.4 is 5.43 Å². The lowest BCUT2D eigenvalue weighted by Gasteiger charge is -2.16. The maximum Gasteiger partial charge on any atom is 0.303 e. The van der Waals surface area contributed by atoms with Gasteiger partial charge >= 0.3 is 5.97 Å². The number of rotatable bonds is 4. The Hall–Kier alpha value is -2.17. The van der Waals surface area contributed by atoms with Crippen LogP contribution in [0, 0.1) is 12.7 Å². The largest absolute Gasteiger partial charge is 0.481 e. The number of carbonyl (C=O) groups is 1. The van der Waals surface area contributed by atoms with Gasteiger partial charge in [0.2, 0.25) is 0 Å². The van der Waals surface area contributed by atoms with Crippen molar-refractivity contribution in [2.45, 2.75) is 33.2 Å². The number of aromatic nitrogens is 1. The molecule has 2 aromatic rings. The summed E-state index contributed by atoms with van der Waals surface area (Å²) in [6.07, 6.45) is 0.0487. The molecule has 20 heavy (non-hydrogen) atoms. The molecule has 1 aromatic carbocycles. The van der Waals surface area contributed by atoms with E-state index in [0.29, 0.717) is 23.0 Å². The molecule has 0 atom stereocenters. The van der Waals surface area contributed by atoms with Gasteiger partial charge in [-0.3, -0.25) is 9.59 Å². The zero-order valence-electron chi connectivity index (χ0n) is 11.4. The molecular weight excluding hydrogens is 261 g/mol. The molecule has 106 valence electrons. The Labute approximate surface area is 115 Å². The Bertz CT molecular complexity index is 734. The number of hydrogen-bond donors (Lipinski definition) is 1. The van der Waals surface area contributed by atoms with Crippen molar-refractivity contribution < 1.29 is 14.3 Å². The summed E-state index contributed by atoms with van der Waals surface area (Å²) in [7, 11) is 0. The van der Waals surface area contributed by atoms with Crippen molar-refractivity contribution in [1.29, 1.82) is 0 Å². The Morgan fingerprint density at radius 1 is 1.40 bits per heavy atom. The Balaban J connectivity index is 2.74. The molecule has 0 saturated heterocycles. The van der Waals surface area contributed by atoms with E-state index >= 15 is 0 Å². The second-order valence-electron chi connectivity index (χ2n) is 4.69. The Morgan fingerprint density at radius 3 is 2.70 bits per heavy atom. The van der Waals surface area contributed by atoms with Gasteiger partial charge in [0, 0.05) is 29.6 Å². The molecule has 0 amide bonds. The lowest BCUT2D eigenvalue weighted by Crippen LogP contribution is -2.19. The highest BCUT2D eigenvalue weighted by molar-refractivity contribution is 5.80. The molecule has 0 fully saturated rings. The normalized spacial score (nSPS) is 10.9. The average Bonchev–Trinajstić information content (AvgIpc) is 2.39. The number of carboxylic acids is 1. The van der Waals surface area contributed by atoms with Crippen LogP contribution in [0.3, 0.4) is 0 Å². The molecular formula is C15H16FNO3. The van der Waals surface area contributed by atoms with Crippen molar-refractivity contribution in [3.8, 4) is 0 Å². The molecule has 0 aliphatic carbocycles. The van der Waals surface area contributed by atoms with Gasteiger partial charge in [-0.1, -0.05) is 0 Å². The fourth-order valence-electron chi connectivity index (χ4n) is 2.53. The van der Waals surface area contributed by atoms with Crippen LogP contribution in [0.4, 0.5) is 4.39 Å². The van der Waals surface area contributed by atoms with Crippen LogP contribution in [0.1, 0.15) is 24.6 Å². The Morgan fingerprint density at radius 2 is 2.10 bits per heavy atom. The van der Waals surface area contributed by atoms with Gasteiger partial charge in [-0.25, -0.2) is 4.39 Å². The lowest BCUT2D eigenvalue weighted by molar-refractivity contribution is -0.136. The highest BCUT2D eigenvalue weighted by atomic mass is 19.1. The zero-order chi connectivity index (χ0) is 14.9. The van der Waals surface area contributed by atoms with Gasteiger partial charge in [0.05, 0.1) is 5.52 Å². The summed E-state index contributed by atoms with van der Waals surface area (Å²) in [5.41, 5.74) is 1.60. The summed E-state index contributed by atoms with van der Waals surface area (Å²) < 4.78 is 15.3. The Kier molecular flexibility index (Phi) is 3.88. The second kappa shape index (κ2) is 5.45. The standard InChI is InChI=1S/C15H16FNO3/c1-3-17-9(2)11(5-7-14(18)19)15(20)12-8-10(16)4-6-13(12)17/h4,6,8H,3,5,7H2,1-2H3,(H,18,19). The van der Waals surface area contributed by atoms with Crippen molar-refractivity contribution in [3.63, 3.8) is 0 Å². The first-order chi connectivity index (χ1) is 9.45. The molecule has 1 aromatic heterocycles. The number of hydrogen-bond acceptors (Lipinski definition) is 2. The van der Waals surface area contributed by atoms with Crippen LogP contribution in [0.15, 0.2) is 23.0 Å². The molecule has 0 radical (unpaired) electrons. The number of fused-ring (bicyclic) bond motifs is 1. The third kappa shape index (κ3) is 2.43. The van der Waals surface area contributed by atoms with E-state index in [1.165, 1.54) is 12.1 Å². The van der Waals surface area contributed by atoms with E-state index in [-0.39, 0.29) is 18.3 Å². The quantitative estimate of drug-likeness (QED) is 0.934. The van der Waals surface area contributed by atoms with E-state index in [4.69, 9.17) is 5.11 Å². The smallest absolute Gasteiger partial charge is 0.303 e. The zero-order valence-corrected chi connectivity index (χ0v) is 11.4. The number of aliphatic carboxylic acids is 1. The molecule has 4 nitrogen and oxygen atoms in total. The van der Waals surface area contributed by atoms with Gasteiger partial charge in [-0.05, 0) is 38.5 Å². The number of carboxylic acid groups (broad SMARTS) is 1. The third-order valence-corrected chi connectivity index (χ3v) is 3.51. The molecule has 1 N–H and O–H groups in total. The van der Waals surface area contributed by atoms with Crippen molar-refractivity contribution >= 4 is 16.9 Å². The fraction of sp³-hybridized carbons (Fsp3) is 0.333. The van der Waals surface area contributed by atoms with Crippen LogP contribution in [0.5, 0.6) is 0 Å². The molecule has 5 heteroatoms. The van der Waals surface area contributed by atoms with Gasteiger partial charge in [-0.2, -0.15) is 0 Å². The number of nitrogens with zero attached hydrogens (tertiary/aromatic N) is 1. The van der Waals surface area contributed by atoms with Crippen LogP contribution in [-0.2, 0) is 17.8 Å². The number of benzene rings is 1. The molecule has 0 unspecified atom stereocenters. The molecule has 0 bridgehead atoms. The van der Waals surface area contributed by atoms with Gasteiger partial charge in [0.15, 0.2) is 5.43 Å². The van der Waals surface area contributed by atoms with E-state index in [1.807, 2.05) is 11.5 Å². The summed E-state index contributed by atoms with van der Waals surface area (Å²) in [4.78, 5) is 23.1. The van der Waals surface area contributed by atoms with Crippen molar-refractivity contribution in [2.75, 3.05) is 0 Å². The molecule has 2 rings (SSSR count). The first-order valence-corrected chi connectivity index (χ1v) is 6.49. The summed E-state index contributed by atoms with van der Waals surface area (Å²) in [5, 5.41) is 9.08.